The molecule has 3 N–H and O–H groups in total. The Kier molecular flexibility index (Phi) is 5.00. The first-order valence-electron chi connectivity index (χ1n) is 10.0. The molecule has 2 nitrogen and oxygen atoms in total. The predicted octanol–water partition coefficient (Wildman–Crippen LogP) is 5.48. The zero-order chi connectivity index (χ0) is 19.9. The van der Waals surface area contributed by atoms with Gasteiger partial charge in [0.25, 0.3) is 0 Å². The van der Waals surface area contributed by atoms with Gasteiger partial charge in [-0.1, -0.05) is 36.4 Å². The van der Waals surface area contributed by atoms with Crippen molar-refractivity contribution in [3.05, 3.63) is 59.7 Å². The zero-order valence-corrected chi connectivity index (χ0v) is 16.1. The van der Waals surface area contributed by atoms with E-state index in [1.165, 1.54) is 17.7 Å². The quantitative estimate of drug-likeness (QED) is 0.728. The summed E-state index contributed by atoms with van der Waals surface area (Å²) >= 11 is 0. The molecule has 0 saturated heterocycles. The van der Waals surface area contributed by atoms with E-state index in [-0.39, 0.29) is 5.54 Å². The third kappa shape index (κ3) is 4.41. The first-order chi connectivity index (χ1) is 13.2. The second-order valence-electron chi connectivity index (χ2n) is 8.74. The van der Waals surface area contributed by atoms with Gasteiger partial charge in [0.05, 0.1) is 5.56 Å². The SMILES string of the molecule is CC1(N)CCC(N[C@@H]2C[C@H]2c2ccc(-c3cccc(C(F)(F)F)c3)cc2)CC1. The summed E-state index contributed by atoms with van der Waals surface area (Å²) < 4.78 is 38.8. The molecule has 2 saturated carbocycles. The molecule has 2 fully saturated rings. The summed E-state index contributed by atoms with van der Waals surface area (Å²) in [6.45, 7) is 2.13. The minimum atomic E-state index is -4.32. The van der Waals surface area contributed by atoms with Crippen molar-refractivity contribution in [1.82, 2.24) is 5.32 Å². The van der Waals surface area contributed by atoms with Gasteiger partial charge < -0.3 is 11.1 Å². The van der Waals surface area contributed by atoms with Crippen LogP contribution in [0.5, 0.6) is 0 Å². The molecule has 0 heterocycles. The van der Waals surface area contributed by atoms with Gasteiger partial charge in [-0.15, -0.1) is 0 Å². The molecule has 0 aromatic heterocycles. The molecule has 2 atom stereocenters. The van der Waals surface area contributed by atoms with Gasteiger partial charge in [-0.3, -0.25) is 0 Å². The van der Waals surface area contributed by atoms with Crippen LogP contribution in [0.2, 0.25) is 0 Å². The van der Waals surface area contributed by atoms with Crippen molar-refractivity contribution in [3.8, 4) is 11.1 Å². The largest absolute Gasteiger partial charge is 0.416 e. The van der Waals surface area contributed by atoms with Gasteiger partial charge in [-0.2, -0.15) is 13.2 Å². The standard InChI is InChI=1S/C23H27F3N2/c1-22(27)11-9-19(10-12-22)28-21-14-20(21)16-7-5-15(6-8-16)17-3-2-4-18(13-17)23(24,25)26/h2-8,13,19-21,28H,9-12,14,27H2,1H3/t19?,20-,21+,22?/m0/s1. The van der Waals surface area contributed by atoms with Gasteiger partial charge >= 0.3 is 6.18 Å². The monoisotopic (exact) mass is 388 g/mol. The van der Waals surface area contributed by atoms with Crippen molar-refractivity contribution < 1.29 is 13.2 Å². The molecular formula is C23H27F3N2. The summed E-state index contributed by atoms with van der Waals surface area (Å²) in [4.78, 5) is 0. The normalized spacial score (nSPS) is 30.2. The molecule has 0 unspecified atom stereocenters. The lowest BCUT2D eigenvalue weighted by atomic mass is 9.81. The first-order valence-corrected chi connectivity index (χ1v) is 10.0. The van der Waals surface area contributed by atoms with Gasteiger partial charge in [0.1, 0.15) is 0 Å². The Balaban J connectivity index is 1.37. The van der Waals surface area contributed by atoms with Crippen LogP contribution in [-0.4, -0.2) is 17.6 Å². The smallest absolute Gasteiger partial charge is 0.325 e. The van der Waals surface area contributed by atoms with E-state index in [0.717, 1.165) is 43.7 Å². The highest BCUT2D eigenvalue weighted by atomic mass is 19.4. The molecule has 5 heteroatoms. The Morgan fingerprint density at radius 1 is 1.00 bits per heavy atom. The third-order valence-corrected chi connectivity index (χ3v) is 6.23. The molecule has 150 valence electrons. The van der Waals surface area contributed by atoms with Crippen LogP contribution in [0.25, 0.3) is 11.1 Å². The summed E-state index contributed by atoms with van der Waals surface area (Å²) in [5.41, 5.74) is 8.25. The summed E-state index contributed by atoms with van der Waals surface area (Å²) in [6, 6.07) is 14.5. The average Bonchev–Trinajstić information content (AvgIpc) is 3.42. The van der Waals surface area contributed by atoms with Crippen molar-refractivity contribution >= 4 is 0 Å². The maximum atomic E-state index is 12.9. The molecule has 2 aliphatic carbocycles. The van der Waals surface area contributed by atoms with Crippen molar-refractivity contribution in [2.45, 2.75) is 68.7 Å². The van der Waals surface area contributed by atoms with Crippen molar-refractivity contribution in [2.75, 3.05) is 0 Å². The summed E-state index contributed by atoms with van der Waals surface area (Å²) in [7, 11) is 0. The highest BCUT2D eigenvalue weighted by Gasteiger charge is 2.40. The van der Waals surface area contributed by atoms with E-state index in [0.29, 0.717) is 23.6 Å². The van der Waals surface area contributed by atoms with Crippen LogP contribution in [0.3, 0.4) is 0 Å². The molecule has 0 aliphatic heterocycles. The number of nitrogens with one attached hydrogen (secondary N) is 1. The second-order valence-corrected chi connectivity index (χ2v) is 8.74. The van der Waals surface area contributed by atoms with Crippen molar-refractivity contribution in [2.24, 2.45) is 5.73 Å². The molecule has 2 aliphatic rings. The van der Waals surface area contributed by atoms with Crippen LogP contribution in [0, 0.1) is 0 Å². The minimum absolute atomic E-state index is 0.0135. The fourth-order valence-electron chi connectivity index (χ4n) is 4.29. The topological polar surface area (TPSA) is 38.0 Å². The number of hydrogen-bond donors (Lipinski definition) is 2. The van der Waals surface area contributed by atoms with E-state index in [9.17, 15) is 13.2 Å². The van der Waals surface area contributed by atoms with Gasteiger partial charge in [0.15, 0.2) is 0 Å². The summed E-state index contributed by atoms with van der Waals surface area (Å²) in [5.74, 6) is 0.502. The minimum Gasteiger partial charge on any atom is -0.325 e. The van der Waals surface area contributed by atoms with E-state index < -0.39 is 11.7 Å². The Hall–Kier alpha value is -1.85. The lowest BCUT2D eigenvalue weighted by Gasteiger charge is -2.34. The molecule has 0 radical (unpaired) electrons. The highest BCUT2D eigenvalue weighted by molar-refractivity contribution is 5.65. The van der Waals surface area contributed by atoms with Gasteiger partial charge in [0.2, 0.25) is 0 Å². The van der Waals surface area contributed by atoms with Gasteiger partial charge in [0, 0.05) is 23.5 Å². The lowest BCUT2D eigenvalue weighted by Crippen LogP contribution is -2.45. The number of halogens is 3. The van der Waals surface area contributed by atoms with E-state index in [2.05, 4.69) is 24.4 Å². The Labute approximate surface area is 164 Å². The van der Waals surface area contributed by atoms with Gasteiger partial charge in [-0.25, -0.2) is 0 Å². The maximum Gasteiger partial charge on any atom is 0.416 e. The third-order valence-electron chi connectivity index (χ3n) is 6.23. The number of nitrogens with two attached hydrogens (primary N) is 1. The number of hydrogen-bond acceptors (Lipinski definition) is 2. The van der Waals surface area contributed by atoms with E-state index >= 15 is 0 Å². The molecule has 0 bridgehead atoms. The van der Waals surface area contributed by atoms with Crippen LogP contribution in [0.15, 0.2) is 48.5 Å². The number of alkyl halides is 3. The van der Waals surface area contributed by atoms with Crippen LogP contribution in [0.1, 0.15) is 56.1 Å². The predicted molar refractivity (Wildman–Crippen MR) is 106 cm³/mol. The van der Waals surface area contributed by atoms with Crippen molar-refractivity contribution in [3.63, 3.8) is 0 Å². The zero-order valence-electron chi connectivity index (χ0n) is 16.1. The van der Waals surface area contributed by atoms with Crippen molar-refractivity contribution in [1.29, 1.82) is 0 Å². The summed E-state index contributed by atoms with van der Waals surface area (Å²) in [5, 5.41) is 3.77. The molecule has 2 aromatic rings. The fourth-order valence-corrected chi connectivity index (χ4v) is 4.29. The van der Waals surface area contributed by atoms with E-state index in [1.54, 1.807) is 6.07 Å². The lowest BCUT2D eigenvalue weighted by molar-refractivity contribution is -0.137. The van der Waals surface area contributed by atoms with Gasteiger partial charge in [-0.05, 0) is 67.9 Å². The van der Waals surface area contributed by atoms with E-state index in [1.807, 2.05) is 12.1 Å². The van der Waals surface area contributed by atoms with Crippen LogP contribution >= 0.6 is 0 Å². The fraction of sp³-hybridized carbons (Fsp3) is 0.478. The molecule has 2 aromatic carbocycles. The Bertz CT molecular complexity index is 816. The van der Waals surface area contributed by atoms with Crippen LogP contribution < -0.4 is 11.1 Å². The second kappa shape index (κ2) is 7.20. The summed E-state index contributed by atoms with van der Waals surface area (Å²) in [6.07, 6.45) is 1.19. The molecule has 0 spiro atoms. The maximum absolute atomic E-state index is 12.9. The average molecular weight is 388 g/mol. The molecule has 0 amide bonds. The number of benzene rings is 2. The molecular weight excluding hydrogens is 361 g/mol. The number of rotatable bonds is 4. The Morgan fingerprint density at radius 2 is 1.68 bits per heavy atom. The first kappa shape index (κ1) is 19.5. The van der Waals surface area contributed by atoms with Crippen LogP contribution in [0.4, 0.5) is 13.2 Å². The molecule has 28 heavy (non-hydrogen) atoms. The molecule has 4 rings (SSSR count). The van der Waals surface area contributed by atoms with Crippen LogP contribution in [-0.2, 0) is 6.18 Å². The Morgan fingerprint density at radius 3 is 2.32 bits per heavy atom. The highest BCUT2D eigenvalue weighted by Crippen LogP contribution is 2.42. The van der Waals surface area contributed by atoms with E-state index in [4.69, 9.17) is 5.73 Å².